The van der Waals surface area contributed by atoms with Gasteiger partial charge in [0.1, 0.15) is 11.5 Å². The minimum atomic E-state index is -0.364. The standard InChI is InChI=1S/C19H20N2O5/c1-4-24-15-9-18-17(25-11-26-18)8-13(15)10-20-21-19(22)14-6-5-12(2)7-16(14)23-3/h5-10H,4,11H2,1-3H3,(H,21,22)/b20-10+. The van der Waals surface area contributed by atoms with Crippen LogP contribution in [-0.2, 0) is 0 Å². The molecular formula is C19H20N2O5. The normalized spacial score (nSPS) is 12.3. The van der Waals surface area contributed by atoms with Crippen LogP contribution in [0.25, 0.3) is 0 Å². The predicted octanol–water partition coefficient (Wildman–Crippen LogP) is 2.89. The molecule has 7 nitrogen and oxygen atoms in total. The maximum atomic E-state index is 12.3. The topological polar surface area (TPSA) is 78.4 Å². The molecule has 0 bridgehead atoms. The van der Waals surface area contributed by atoms with Crippen molar-refractivity contribution in [1.82, 2.24) is 5.43 Å². The number of methoxy groups -OCH3 is 1. The minimum Gasteiger partial charge on any atom is -0.496 e. The molecule has 136 valence electrons. The van der Waals surface area contributed by atoms with E-state index in [1.165, 1.54) is 13.3 Å². The molecule has 0 atom stereocenters. The Morgan fingerprint density at radius 2 is 2.00 bits per heavy atom. The summed E-state index contributed by atoms with van der Waals surface area (Å²) in [5.41, 5.74) is 4.59. The maximum absolute atomic E-state index is 12.3. The van der Waals surface area contributed by atoms with Gasteiger partial charge < -0.3 is 18.9 Å². The molecule has 1 aliphatic rings. The highest BCUT2D eigenvalue weighted by Crippen LogP contribution is 2.37. The van der Waals surface area contributed by atoms with Crippen LogP contribution in [0.2, 0.25) is 0 Å². The van der Waals surface area contributed by atoms with E-state index >= 15 is 0 Å². The Kier molecular flexibility index (Phi) is 5.26. The molecule has 2 aromatic rings. The molecule has 1 amide bonds. The number of carbonyl (C=O) groups is 1. The first-order chi connectivity index (χ1) is 12.6. The van der Waals surface area contributed by atoms with E-state index in [4.69, 9.17) is 18.9 Å². The van der Waals surface area contributed by atoms with E-state index in [0.29, 0.717) is 40.7 Å². The number of nitrogens with zero attached hydrogens (tertiary/aromatic N) is 1. The Balaban J connectivity index is 1.77. The first-order valence-corrected chi connectivity index (χ1v) is 8.17. The molecule has 0 radical (unpaired) electrons. The number of ether oxygens (including phenoxy) is 4. The molecule has 0 saturated carbocycles. The lowest BCUT2D eigenvalue weighted by molar-refractivity contribution is 0.0952. The van der Waals surface area contributed by atoms with Crippen LogP contribution in [0.4, 0.5) is 0 Å². The van der Waals surface area contributed by atoms with Crippen LogP contribution in [-0.4, -0.2) is 32.6 Å². The third-order valence-electron chi connectivity index (χ3n) is 3.78. The highest BCUT2D eigenvalue weighted by atomic mass is 16.7. The minimum absolute atomic E-state index is 0.172. The van der Waals surface area contributed by atoms with Crippen molar-refractivity contribution in [2.75, 3.05) is 20.5 Å². The Hall–Kier alpha value is -3.22. The van der Waals surface area contributed by atoms with E-state index in [1.54, 1.807) is 24.3 Å². The van der Waals surface area contributed by atoms with Crippen LogP contribution >= 0.6 is 0 Å². The average Bonchev–Trinajstić information content (AvgIpc) is 3.09. The van der Waals surface area contributed by atoms with Gasteiger partial charge in [0.05, 0.1) is 25.5 Å². The molecule has 2 aromatic carbocycles. The van der Waals surface area contributed by atoms with Gasteiger partial charge in [-0.2, -0.15) is 5.10 Å². The molecule has 7 heteroatoms. The lowest BCUT2D eigenvalue weighted by Crippen LogP contribution is -2.18. The highest BCUT2D eigenvalue weighted by molar-refractivity contribution is 5.97. The summed E-state index contributed by atoms with van der Waals surface area (Å²) in [5.74, 6) is 1.97. The summed E-state index contributed by atoms with van der Waals surface area (Å²) in [5, 5.41) is 4.03. The Bertz CT molecular complexity index is 848. The number of hydrogen-bond acceptors (Lipinski definition) is 6. The van der Waals surface area contributed by atoms with Crippen molar-refractivity contribution in [3.8, 4) is 23.0 Å². The van der Waals surface area contributed by atoms with Crippen LogP contribution in [0.15, 0.2) is 35.4 Å². The summed E-state index contributed by atoms with van der Waals surface area (Å²) in [6, 6.07) is 8.84. The van der Waals surface area contributed by atoms with Gasteiger partial charge in [-0.25, -0.2) is 5.43 Å². The van der Waals surface area contributed by atoms with Crippen LogP contribution in [0.1, 0.15) is 28.4 Å². The predicted molar refractivity (Wildman–Crippen MR) is 96.5 cm³/mol. The van der Waals surface area contributed by atoms with Crippen molar-refractivity contribution < 1.29 is 23.7 Å². The molecule has 0 fully saturated rings. The zero-order valence-corrected chi connectivity index (χ0v) is 14.9. The molecule has 1 heterocycles. The fourth-order valence-electron chi connectivity index (χ4n) is 2.53. The van der Waals surface area contributed by atoms with Gasteiger partial charge in [-0.15, -0.1) is 0 Å². The van der Waals surface area contributed by atoms with E-state index < -0.39 is 0 Å². The SMILES string of the molecule is CCOc1cc2c(cc1/C=N/NC(=O)c1ccc(C)cc1OC)OCO2. The second-order valence-corrected chi connectivity index (χ2v) is 5.58. The molecule has 0 aromatic heterocycles. The molecule has 0 spiro atoms. The van der Waals surface area contributed by atoms with Crippen molar-refractivity contribution in [2.24, 2.45) is 5.10 Å². The first kappa shape index (κ1) is 17.6. The maximum Gasteiger partial charge on any atom is 0.275 e. The van der Waals surface area contributed by atoms with Gasteiger partial charge in [0.2, 0.25) is 6.79 Å². The van der Waals surface area contributed by atoms with Crippen molar-refractivity contribution in [3.63, 3.8) is 0 Å². The molecular weight excluding hydrogens is 336 g/mol. The quantitative estimate of drug-likeness (QED) is 0.636. The van der Waals surface area contributed by atoms with Crippen molar-refractivity contribution >= 4 is 12.1 Å². The second kappa shape index (κ2) is 7.77. The van der Waals surface area contributed by atoms with Crippen LogP contribution in [0.5, 0.6) is 23.0 Å². The Morgan fingerprint density at radius 1 is 1.23 bits per heavy atom. The van der Waals surface area contributed by atoms with E-state index in [0.717, 1.165) is 5.56 Å². The van der Waals surface area contributed by atoms with Gasteiger partial charge in [0.15, 0.2) is 11.5 Å². The lowest BCUT2D eigenvalue weighted by atomic mass is 10.1. The van der Waals surface area contributed by atoms with E-state index in [-0.39, 0.29) is 12.7 Å². The fraction of sp³-hybridized carbons (Fsp3) is 0.263. The summed E-state index contributed by atoms with van der Waals surface area (Å²) < 4.78 is 21.6. The number of carbonyl (C=O) groups excluding carboxylic acids is 1. The smallest absolute Gasteiger partial charge is 0.275 e. The number of nitrogens with one attached hydrogen (secondary N) is 1. The molecule has 1 aliphatic heterocycles. The summed E-state index contributed by atoms with van der Waals surface area (Å²) in [4.78, 5) is 12.3. The van der Waals surface area contributed by atoms with Crippen LogP contribution in [0, 0.1) is 6.92 Å². The van der Waals surface area contributed by atoms with Crippen molar-refractivity contribution in [3.05, 3.63) is 47.0 Å². The molecule has 1 N–H and O–H groups in total. The lowest BCUT2D eigenvalue weighted by Gasteiger charge is -2.09. The Morgan fingerprint density at radius 3 is 2.73 bits per heavy atom. The number of fused-ring (bicyclic) bond motifs is 1. The summed E-state index contributed by atoms with van der Waals surface area (Å²) in [7, 11) is 1.52. The van der Waals surface area contributed by atoms with Gasteiger partial charge in [-0.3, -0.25) is 4.79 Å². The largest absolute Gasteiger partial charge is 0.496 e. The summed E-state index contributed by atoms with van der Waals surface area (Å²) >= 11 is 0. The number of amides is 1. The number of rotatable bonds is 6. The van der Waals surface area contributed by atoms with Gasteiger partial charge in [-0.1, -0.05) is 6.07 Å². The van der Waals surface area contributed by atoms with Gasteiger partial charge >= 0.3 is 0 Å². The number of aryl methyl sites for hydroxylation is 1. The first-order valence-electron chi connectivity index (χ1n) is 8.17. The third-order valence-corrected chi connectivity index (χ3v) is 3.78. The fourth-order valence-corrected chi connectivity index (χ4v) is 2.53. The zero-order chi connectivity index (χ0) is 18.5. The monoisotopic (exact) mass is 356 g/mol. The number of hydrazone groups is 1. The second-order valence-electron chi connectivity index (χ2n) is 5.58. The van der Waals surface area contributed by atoms with Crippen molar-refractivity contribution in [1.29, 1.82) is 0 Å². The summed E-state index contributed by atoms with van der Waals surface area (Å²) in [6.07, 6.45) is 1.51. The number of hydrogen-bond donors (Lipinski definition) is 1. The molecule has 0 unspecified atom stereocenters. The van der Waals surface area contributed by atoms with E-state index in [9.17, 15) is 4.79 Å². The van der Waals surface area contributed by atoms with E-state index in [2.05, 4.69) is 10.5 Å². The molecule has 0 aliphatic carbocycles. The molecule has 3 rings (SSSR count). The van der Waals surface area contributed by atoms with Gasteiger partial charge in [-0.05, 0) is 37.6 Å². The van der Waals surface area contributed by atoms with E-state index in [1.807, 2.05) is 19.9 Å². The van der Waals surface area contributed by atoms with Gasteiger partial charge in [0.25, 0.3) is 5.91 Å². The average molecular weight is 356 g/mol. The zero-order valence-electron chi connectivity index (χ0n) is 14.9. The van der Waals surface area contributed by atoms with Gasteiger partial charge in [0, 0.05) is 11.6 Å². The summed E-state index contributed by atoms with van der Waals surface area (Å²) in [6.45, 7) is 4.48. The van der Waals surface area contributed by atoms with Crippen molar-refractivity contribution in [2.45, 2.75) is 13.8 Å². The number of benzene rings is 2. The molecule has 0 saturated heterocycles. The van der Waals surface area contributed by atoms with Crippen LogP contribution in [0.3, 0.4) is 0 Å². The Labute approximate surface area is 151 Å². The third kappa shape index (κ3) is 3.72. The highest BCUT2D eigenvalue weighted by Gasteiger charge is 2.17. The van der Waals surface area contributed by atoms with Crippen LogP contribution < -0.4 is 24.4 Å². The molecule has 26 heavy (non-hydrogen) atoms.